The van der Waals surface area contributed by atoms with Gasteiger partial charge < -0.3 is 14.2 Å². The fourth-order valence-electron chi connectivity index (χ4n) is 6.32. The fraction of sp³-hybridized carbons (Fsp3) is 0.359. The van der Waals surface area contributed by atoms with E-state index in [1.807, 2.05) is 38.1 Å². The Morgan fingerprint density at radius 2 is 1.55 bits per heavy atom. The van der Waals surface area contributed by atoms with Crippen LogP contribution in [0.4, 0.5) is 0 Å². The molecule has 5 heteroatoms. The van der Waals surface area contributed by atoms with E-state index < -0.39 is 6.10 Å². The molecule has 0 amide bonds. The maximum absolute atomic E-state index is 12.2. The highest BCUT2D eigenvalue weighted by atomic mass is 16.6. The highest BCUT2D eigenvalue weighted by Crippen LogP contribution is 2.37. The highest BCUT2D eigenvalue weighted by molar-refractivity contribution is 5.75. The normalized spacial score (nSPS) is 14.8. The van der Waals surface area contributed by atoms with Crippen molar-refractivity contribution in [2.24, 2.45) is 0 Å². The number of hydrogen-bond acceptors (Lipinski definition) is 5. The van der Waals surface area contributed by atoms with E-state index in [0.717, 1.165) is 43.5 Å². The molecule has 2 atom stereocenters. The van der Waals surface area contributed by atoms with Crippen LogP contribution in [0.3, 0.4) is 0 Å². The average Bonchev–Trinajstić information content (AvgIpc) is 3.22. The Kier molecular flexibility index (Phi) is 11.2. The fourth-order valence-corrected chi connectivity index (χ4v) is 6.32. The molecule has 0 saturated carbocycles. The number of esters is 1. The van der Waals surface area contributed by atoms with Crippen molar-refractivity contribution in [3.8, 4) is 5.75 Å². The predicted octanol–water partition coefficient (Wildman–Crippen LogP) is 7.18. The maximum Gasteiger partial charge on any atom is 0.335 e. The molecule has 230 valence electrons. The third kappa shape index (κ3) is 7.96. The van der Waals surface area contributed by atoms with Crippen LogP contribution in [0.5, 0.6) is 5.75 Å². The van der Waals surface area contributed by atoms with Gasteiger partial charge in [0.1, 0.15) is 12.4 Å². The molecule has 1 aliphatic carbocycles. The van der Waals surface area contributed by atoms with Crippen LogP contribution in [0.1, 0.15) is 58.8 Å². The van der Waals surface area contributed by atoms with Crippen molar-refractivity contribution in [2.75, 3.05) is 33.4 Å². The molecule has 0 fully saturated rings. The second kappa shape index (κ2) is 15.7. The minimum atomic E-state index is -0.593. The Hall–Kier alpha value is -3.93. The van der Waals surface area contributed by atoms with Crippen molar-refractivity contribution >= 4 is 5.97 Å². The second-order valence-electron chi connectivity index (χ2n) is 11.4. The quantitative estimate of drug-likeness (QED) is 0.145. The van der Waals surface area contributed by atoms with Crippen LogP contribution in [-0.2, 0) is 46.4 Å². The third-order valence-corrected chi connectivity index (χ3v) is 8.54. The first-order chi connectivity index (χ1) is 21.6. The van der Waals surface area contributed by atoms with Gasteiger partial charge in [-0.3, -0.25) is 4.90 Å². The van der Waals surface area contributed by atoms with E-state index in [-0.39, 0.29) is 12.0 Å². The molecule has 1 aliphatic rings. The summed E-state index contributed by atoms with van der Waals surface area (Å²) in [7, 11) is 2.21. The van der Waals surface area contributed by atoms with Gasteiger partial charge in [0, 0.05) is 19.6 Å². The molecule has 0 saturated heterocycles. The van der Waals surface area contributed by atoms with Crippen LogP contribution < -0.4 is 4.74 Å². The van der Waals surface area contributed by atoms with Gasteiger partial charge in [0.25, 0.3) is 0 Å². The standard InChI is InChI=1S/C39H45NO4/c1-4-42-37(39(41)43-5-2)28-30-19-23-33(24-20-30)44-27-26-40(3)38-35-16-10-9-14-32(35)22-25-34-31(15-11-17-36(34)38)21-18-29-12-7-6-8-13-29/h6-17,19-20,23-24,37-38H,4-5,18,21-22,25-28H2,1-3H3. The number of hydrogen-bond donors (Lipinski definition) is 0. The molecule has 0 aliphatic heterocycles. The lowest BCUT2D eigenvalue weighted by molar-refractivity contribution is -0.156. The summed E-state index contributed by atoms with van der Waals surface area (Å²) in [6, 6.07) is 34.7. The Bertz CT molecular complexity index is 1480. The van der Waals surface area contributed by atoms with Gasteiger partial charge in [-0.2, -0.15) is 0 Å². The lowest BCUT2D eigenvalue weighted by Crippen LogP contribution is -2.30. The predicted molar refractivity (Wildman–Crippen MR) is 176 cm³/mol. The minimum Gasteiger partial charge on any atom is -0.492 e. The van der Waals surface area contributed by atoms with Crippen molar-refractivity contribution in [1.82, 2.24) is 4.90 Å². The zero-order valence-electron chi connectivity index (χ0n) is 26.3. The number of ether oxygens (including phenoxy) is 3. The molecule has 0 radical (unpaired) electrons. The molecular formula is C39H45NO4. The number of carbonyl (C=O) groups excluding carboxylic acids is 1. The van der Waals surface area contributed by atoms with Gasteiger partial charge in [-0.05, 0) is 97.7 Å². The number of benzene rings is 4. The van der Waals surface area contributed by atoms with Gasteiger partial charge in [-0.25, -0.2) is 4.79 Å². The Morgan fingerprint density at radius 3 is 2.32 bits per heavy atom. The lowest BCUT2D eigenvalue weighted by atomic mass is 9.89. The summed E-state index contributed by atoms with van der Waals surface area (Å²) in [4.78, 5) is 14.7. The van der Waals surface area contributed by atoms with Crippen molar-refractivity contribution < 1.29 is 19.0 Å². The topological polar surface area (TPSA) is 48.0 Å². The van der Waals surface area contributed by atoms with E-state index in [1.165, 1.54) is 33.4 Å². The van der Waals surface area contributed by atoms with E-state index in [2.05, 4.69) is 84.7 Å². The van der Waals surface area contributed by atoms with E-state index in [4.69, 9.17) is 14.2 Å². The van der Waals surface area contributed by atoms with Crippen LogP contribution in [0, 0.1) is 0 Å². The first-order valence-corrected chi connectivity index (χ1v) is 16.0. The largest absolute Gasteiger partial charge is 0.492 e. The van der Waals surface area contributed by atoms with Gasteiger partial charge in [-0.15, -0.1) is 0 Å². The number of fused-ring (bicyclic) bond motifs is 2. The van der Waals surface area contributed by atoms with Crippen molar-refractivity contribution in [1.29, 1.82) is 0 Å². The van der Waals surface area contributed by atoms with Crippen LogP contribution in [-0.4, -0.2) is 50.4 Å². The van der Waals surface area contributed by atoms with Crippen LogP contribution in [0.15, 0.2) is 97.1 Å². The summed E-state index contributed by atoms with van der Waals surface area (Å²) in [5.41, 5.74) is 9.59. The second-order valence-corrected chi connectivity index (χ2v) is 11.4. The Balaban J connectivity index is 1.26. The first kappa shape index (κ1) is 31.5. The number of aryl methyl sites for hydroxylation is 3. The van der Waals surface area contributed by atoms with Gasteiger partial charge in [0.15, 0.2) is 6.10 Å². The van der Waals surface area contributed by atoms with Crippen LogP contribution in [0.25, 0.3) is 0 Å². The molecule has 4 aromatic rings. The molecule has 0 N–H and O–H groups in total. The summed E-state index contributed by atoms with van der Waals surface area (Å²) in [5, 5.41) is 0. The summed E-state index contributed by atoms with van der Waals surface area (Å²) >= 11 is 0. The SMILES string of the molecule is CCOC(=O)C(Cc1ccc(OCCN(C)C2c3ccccc3CCc3c(CCc4ccccc4)cccc32)cc1)OCC. The molecular weight excluding hydrogens is 546 g/mol. The van der Waals surface area contributed by atoms with Crippen LogP contribution in [0.2, 0.25) is 0 Å². The maximum atomic E-state index is 12.2. The monoisotopic (exact) mass is 591 g/mol. The van der Waals surface area contributed by atoms with E-state index in [1.54, 1.807) is 0 Å². The van der Waals surface area contributed by atoms with E-state index in [9.17, 15) is 4.79 Å². The summed E-state index contributed by atoms with van der Waals surface area (Å²) < 4.78 is 17.0. The molecule has 0 spiro atoms. The average molecular weight is 592 g/mol. The van der Waals surface area contributed by atoms with Crippen molar-refractivity contribution in [2.45, 2.75) is 58.1 Å². The third-order valence-electron chi connectivity index (χ3n) is 8.54. The van der Waals surface area contributed by atoms with E-state index in [0.29, 0.717) is 26.2 Å². The number of carbonyl (C=O) groups is 1. The van der Waals surface area contributed by atoms with Crippen molar-refractivity contribution in [3.05, 3.63) is 136 Å². The number of likely N-dealkylation sites (N-methyl/N-ethyl adjacent to an activating group) is 1. The summed E-state index contributed by atoms with van der Waals surface area (Å²) in [5.74, 6) is 0.499. The number of rotatable bonds is 14. The van der Waals surface area contributed by atoms with Gasteiger partial charge in [0.05, 0.1) is 12.6 Å². The molecule has 5 rings (SSSR count). The molecule has 4 aromatic carbocycles. The zero-order valence-corrected chi connectivity index (χ0v) is 26.3. The zero-order chi connectivity index (χ0) is 30.7. The van der Waals surface area contributed by atoms with E-state index >= 15 is 0 Å². The van der Waals surface area contributed by atoms with Crippen molar-refractivity contribution in [3.63, 3.8) is 0 Å². The molecule has 0 heterocycles. The summed E-state index contributed by atoms with van der Waals surface area (Å²) in [6.45, 7) is 5.85. The molecule has 2 unspecified atom stereocenters. The van der Waals surface area contributed by atoms with Gasteiger partial charge in [-0.1, -0.05) is 84.9 Å². The molecule has 0 bridgehead atoms. The minimum absolute atomic E-state index is 0.171. The first-order valence-electron chi connectivity index (χ1n) is 16.0. The Labute approximate surface area is 262 Å². The summed E-state index contributed by atoms with van der Waals surface area (Å²) in [6.07, 6.45) is 4.09. The van der Waals surface area contributed by atoms with Crippen LogP contribution >= 0.6 is 0 Å². The molecule has 0 aromatic heterocycles. The smallest absolute Gasteiger partial charge is 0.335 e. The Morgan fingerprint density at radius 1 is 0.795 bits per heavy atom. The molecule has 5 nitrogen and oxygen atoms in total. The van der Waals surface area contributed by atoms with Gasteiger partial charge >= 0.3 is 5.97 Å². The highest BCUT2D eigenvalue weighted by Gasteiger charge is 2.28. The van der Waals surface area contributed by atoms with Gasteiger partial charge in [0.2, 0.25) is 0 Å². The lowest BCUT2D eigenvalue weighted by Gasteiger charge is -2.31. The molecule has 44 heavy (non-hydrogen) atoms. The number of nitrogens with zero attached hydrogens (tertiary/aromatic N) is 1.